The normalized spacial score (nSPS) is 19.9. The Kier molecular flexibility index (Phi) is 3.73. The summed E-state index contributed by atoms with van der Waals surface area (Å²) in [6.45, 7) is 1.57. The number of hydrogen-bond acceptors (Lipinski definition) is 4. The number of benzene rings is 1. The van der Waals surface area contributed by atoms with E-state index in [-0.39, 0.29) is 5.41 Å². The number of carbonyl (C=O) groups is 1. The van der Waals surface area contributed by atoms with Gasteiger partial charge in [0.25, 0.3) is 0 Å². The Morgan fingerprint density at radius 2 is 1.90 bits per heavy atom. The minimum Gasteiger partial charge on any atom is -0.486 e. The molecule has 3 rings (SSSR count). The van der Waals surface area contributed by atoms with Gasteiger partial charge in [0.2, 0.25) is 0 Å². The lowest BCUT2D eigenvalue weighted by Crippen LogP contribution is -2.34. The lowest BCUT2D eigenvalue weighted by molar-refractivity contribution is 0.111. The number of hydrogen-bond donors (Lipinski definition) is 1. The Morgan fingerprint density at radius 3 is 2.50 bits per heavy atom. The molecule has 0 bridgehead atoms. The summed E-state index contributed by atoms with van der Waals surface area (Å²) >= 11 is 3.60. The van der Waals surface area contributed by atoms with Crippen LogP contribution in [0.3, 0.4) is 0 Å². The van der Waals surface area contributed by atoms with Crippen molar-refractivity contribution in [3.63, 3.8) is 0 Å². The van der Waals surface area contributed by atoms with Crippen LogP contribution in [0.1, 0.15) is 41.6 Å². The van der Waals surface area contributed by atoms with Crippen LogP contribution in [0.4, 0.5) is 0 Å². The van der Waals surface area contributed by atoms with Crippen LogP contribution in [-0.2, 0) is 5.41 Å². The summed E-state index contributed by atoms with van der Waals surface area (Å²) in [6.07, 6.45) is 5.27. The Balaban J connectivity index is 2.22. The van der Waals surface area contributed by atoms with Crippen molar-refractivity contribution in [3.8, 4) is 11.5 Å². The molecule has 20 heavy (non-hydrogen) atoms. The number of carbonyl (C=O) groups excluding carboxylic acids is 1. The van der Waals surface area contributed by atoms with Gasteiger partial charge in [0, 0.05) is 22.0 Å². The van der Waals surface area contributed by atoms with E-state index in [0.717, 1.165) is 29.2 Å². The van der Waals surface area contributed by atoms with Gasteiger partial charge in [0.1, 0.15) is 13.2 Å². The molecule has 0 aromatic heterocycles. The first kappa shape index (κ1) is 13.9. The standard InChI is InChI=1S/C15H18BrNO3/c16-11-7-10(8-18)13-14(20-6-5-19-13)12(11)15(9-17)3-1-2-4-15/h7-8H,1-6,9,17H2. The molecule has 1 saturated carbocycles. The van der Waals surface area contributed by atoms with E-state index in [0.29, 0.717) is 36.8 Å². The van der Waals surface area contributed by atoms with Gasteiger partial charge in [-0.1, -0.05) is 28.8 Å². The monoisotopic (exact) mass is 339 g/mol. The number of ether oxygens (including phenoxy) is 2. The molecule has 2 N–H and O–H groups in total. The average molecular weight is 340 g/mol. The molecule has 1 fully saturated rings. The minimum absolute atomic E-state index is 0.0645. The van der Waals surface area contributed by atoms with E-state index in [1.165, 1.54) is 12.8 Å². The summed E-state index contributed by atoms with van der Waals surface area (Å²) in [5, 5.41) is 0. The molecule has 4 nitrogen and oxygen atoms in total. The quantitative estimate of drug-likeness (QED) is 0.860. The maximum absolute atomic E-state index is 11.2. The van der Waals surface area contributed by atoms with Crippen molar-refractivity contribution in [2.24, 2.45) is 5.73 Å². The third kappa shape index (κ3) is 2.04. The Morgan fingerprint density at radius 1 is 1.25 bits per heavy atom. The highest BCUT2D eigenvalue weighted by Crippen LogP contribution is 2.51. The second-order valence-corrected chi connectivity index (χ2v) is 6.34. The fourth-order valence-electron chi connectivity index (χ4n) is 3.39. The molecule has 0 radical (unpaired) electrons. The summed E-state index contributed by atoms with van der Waals surface area (Å²) in [4.78, 5) is 11.2. The highest BCUT2D eigenvalue weighted by atomic mass is 79.9. The number of halogens is 1. The predicted molar refractivity (Wildman–Crippen MR) is 79.7 cm³/mol. The zero-order valence-electron chi connectivity index (χ0n) is 11.3. The van der Waals surface area contributed by atoms with Gasteiger partial charge in [-0.05, 0) is 18.9 Å². The third-order valence-corrected chi connectivity index (χ3v) is 5.03. The fourth-order valence-corrected chi connectivity index (χ4v) is 4.24. The second kappa shape index (κ2) is 5.37. The molecule has 108 valence electrons. The second-order valence-electron chi connectivity index (χ2n) is 5.49. The predicted octanol–water partition coefficient (Wildman–Crippen LogP) is 2.80. The third-order valence-electron chi connectivity index (χ3n) is 4.40. The van der Waals surface area contributed by atoms with Crippen molar-refractivity contribution >= 4 is 22.2 Å². The molecule has 2 aliphatic rings. The highest BCUT2D eigenvalue weighted by Gasteiger charge is 2.40. The van der Waals surface area contributed by atoms with E-state index in [9.17, 15) is 4.79 Å². The Bertz CT molecular complexity index is 538. The van der Waals surface area contributed by atoms with Gasteiger partial charge < -0.3 is 15.2 Å². The first-order valence-corrected chi connectivity index (χ1v) is 7.79. The molecule has 0 spiro atoms. The molecule has 0 saturated heterocycles. The number of fused-ring (bicyclic) bond motifs is 1. The maximum atomic E-state index is 11.2. The maximum Gasteiger partial charge on any atom is 0.172 e. The molecule has 5 heteroatoms. The van der Waals surface area contributed by atoms with Crippen molar-refractivity contribution in [1.82, 2.24) is 0 Å². The van der Waals surface area contributed by atoms with Gasteiger partial charge in [0.05, 0.1) is 5.56 Å². The van der Waals surface area contributed by atoms with Crippen molar-refractivity contribution in [2.75, 3.05) is 19.8 Å². The van der Waals surface area contributed by atoms with Crippen molar-refractivity contribution in [3.05, 3.63) is 21.7 Å². The molecule has 1 aromatic rings. The number of aldehydes is 1. The van der Waals surface area contributed by atoms with E-state index in [1.807, 2.05) is 6.07 Å². The van der Waals surface area contributed by atoms with Crippen LogP contribution in [0, 0.1) is 0 Å². The molecule has 1 heterocycles. The Hall–Kier alpha value is -1.07. The van der Waals surface area contributed by atoms with E-state index < -0.39 is 0 Å². The van der Waals surface area contributed by atoms with Crippen LogP contribution < -0.4 is 15.2 Å². The van der Waals surface area contributed by atoms with Crippen LogP contribution >= 0.6 is 15.9 Å². The Labute approximate surface area is 126 Å². The average Bonchev–Trinajstić information content (AvgIpc) is 2.96. The zero-order chi connectivity index (χ0) is 14.2. The van der Waals surface area contributed by atoms with Gasteiger partial charge in [0.15, 0.2) is 17.8 Å². The van der Waals surface area contributed by atoms with E-state index in [4.69, 9.17) is 15.2 Å². The van der Waals surface area contributed by atoms with Crippen molar-refractivity contribution < 1.29 is 14.3 Å². The highest BCUT2D eigenvalue weighted by molar-refractivity contribution is 9.10. The van der Waals surface area contributed by atoms with Crippen LogP contribution in [0.25, 0.3) is 0 Å². The van der Waals surface area contributed by atoms with Gasteiger partial charge in [-0.25, -0.2) is 0 Å². The van der Waals surface area contributed by atoms with E-state index >= 15 is 0 Å². The van der Waals surface area contributed by atoms with Crippen molar-refractivity contribution in [1.29, 1.82) is 0 Å². The van der Waals surface area contributed by atoms with Crippen LogP contribution in [0.2, 0.25) is 0 Å². The lowest BCUT2D eigenvalue weighted by atomic mass is 9.78. The number of nitrogens with two attached hydrogens (primary N) is 1. The molecule has 0 amide bonds. The summed E-state index contributed by atoms with van der Waals surface area (Å²) in [7, 11) is 0. The van der Waals surface area contributed by atoms with E-state index in [1.54, 1.807) is 0 Å². The molecular formula is C15H18BrNO3. The van der Waals surface area contributed by atoms with Gasteiger partial charge in [-0.3, -0.25) is 4.79 Å². The smallest absolute Gasteiger partial charge is 0.172 e. The van der Waals surface area contributed by atoms with Gasteiger partial charge in [-0.2, -0.15) is 0 Å². The van der Waals surface area contributed by atoms with Crippen LogP contribution in [0.15, 0.2) is 10.5 Å². The molecule has 0 unspecified atom stereocenters. The van der Waals surface area contributed by atoms with Gasteiger partial charge >= 0.3 is 0 Å². The molecule has 1 aliphatic heterocycles. The molecule has 1 aliphatic carbocycles. The van der Waals surface area contributed by atoms with Crippen LogP contribution in [-0.4, -0.2) is 26.0 Å². The SMILES string of the molecule is NCC1(c2c(Br)cc(C=O)c3c2OCCO3)CCCC1. The number of rotatable bonds is 3. The van der Waals surface area contributed by atoms with E-state index in [2.05, 4.69) is 15.9 Å². The lowest BCUT2D eigenvalue weighted by Gasteiger charge is -2.33. The zero-order valence-corrected chi connectivity index (χ0v) is 12.9. The fraction of sp³-hybridized carbons (Fsp3) is 0.533. The minimum atomic E-state index is -0.0645. The first-order chi connectivity index (χ1) is 9.72. The molecular weight excluding hydrogens is 322 g/mol. The topological polar surface area (TPSA) is 61.6 Å². The summed E-state index contributed by atoms with van der Waals surface area (Å²) in [5.41, 5.74) is 7.63. The summed E-state index contributed by atoms with van der Waals surface area (Å²) in [5.74, 6) is 1.28. The van der Waals surface area contributed by atoms with Crippen LogP contribution in [0.5, 0.6) is 11.5 Å². The van der Waals surface area contributed by atoms with Gasteiger partial charge in [-0.15, -0.1) is 0 Å². The largest absolute Gasteiger partial charge is 0.486 e. The summed E-state index contributed by atoms with van der Waals surface area (Å²) < 4.78 is 12.4. The molecule has 0 atom stereocenters. The molecule has 1 aromatic carbocycles. The first-order valence-electron chi connectivity index (χ1n) is 7.00. The van der Waals surface area contributed by atoms with Crippen molar-refractivity contribution in [2.45, 2.75) is 31.1 Å². The summed E-state index contributed by atoms with van der Waals surface area (Å²) in [6, 6.07) is 1.82.